The Balaban J connectivity index is 0.000000283. The fraction of sp³-hybridized carbons (Fsp3) is 0.300. The summed E-state index contributed by atoms with van der Waals surface area (Å²) >= 11 is 6.61. The molecule has 0 bridgehead atoms. The molecule has 2 aromatic rings. The van der Waals surface area contributed by atoms with Gasteiger partial charge in [0.25, 0.3) is 0 Å². The van der Waals surface area contributed by atoms with E-state index in [-0.39, 0.29) is 11.5 Å². The summed E-state index contributed by atoms with van der Waals surface area (Å²) in [5.74, 6) is -0.0649. The normalized spacial score (nSPS) is 9.75. The lowest BCUT2D eigenvalue weighted by molar-refractivity contribution is 0.0525. The predicted octanol–water partition coefficient (Wildman–Crippen LogP) is 5.57. The van der Waals surface area contributed by atoms with Gasteiger partial charge in [-0.05, 0) is 89.0 Å². The van der Waals surface area contributed by atoms with Crippen LogP contribution in [-0.2, 0) is 4.74 Å². The van der Waals surface area contributed by atoms with Gasteiger partial charge in [-0.1, -0.05) is 0 Å². The number of benzene rings is 2. The van der Waals surface area contributed by atoms with Crippen LogP contribution in [0.25, 0.3) is 0 Å². The van der Waals surface area contributed by atoms with Crippen LogP contribution in [0.1, 0.15) is 41.5 Å². The van der Waals surface area contributed by atoms with Gasteiger partial charge in [0, 0.05) is 0 Å². The van der Waals surface area contributed by atoms with Crippen LogP contribution in [0.15, 0.2) is 45.3 Å². The Morgan fingerprint density at radius 3 is 1.71 bits per heavy atom. The first-order valence-corrected chi connectivity index (χ1v) is 10.2. The summed E-state index contributed by atoms with van der Waals surface area (Å²) in [7, 11) is 0. The highest BCUT2D eigenvalue weighted by Gasteiger charge is 2.10. The Kier molecular flexibility index (Phi) is 10.6. The number of carboxylic acid groups (broad SMARTS) is 1. The van der Waals surface area contributed by atoms with Gasteiger partial charge in [-0.2, -0.15) is 0 Å². The Morgan fingerprint density at radius 2 is 1.29 bits per heavy atom. The standard InChI is InChI=1S/C11H13BrO3.C9H9BrO3/c1-3-14-10-7-8(5-6-9(10)12)11(13)15-4-2;1-2-13-8-5-6(9(11)12)3-4-7(8)10/h5-7H,3-4H2,1-2H3;3-5H,2H2,1H3,(H,11,12). The van der Waals surface area contributed by atoms with E-state index in [4.69, 9.17) is 19.3 Å². The first-order chi connectivity index (χ1) is 13.3. The molecule has 0 aliphatic carbocycles. The number of esters is 1. The van der Waals surface area contributed by atoms with Gasteiger partial charge in [-0.15, -0.1) is 0 Å². The second-order valence-electron chi connectivity index (χ2n) is 5.18. The summed E-state index contributed by atoms with van der Waals surface area (Å²) in [4.78, 5) is 22.0. The molecule has 0 heterocycles. The molecule has 0 unspecified atom stereocenters. The highest BCUT2D eigenvalue weighted by atomic mass is 79.9. The molecule has 152 valence electrons. The zero-order valence-corrected chi connectivity index (χ0v) is 19.0. The van der Waals surface area contributed by atoms with Crippen molar-refractivity contribution in [2.75, 3.05) is 19.8 Å². The first-order valence-electron chi connectivity index (χ1n) is 8.59. The fourth-order valence-electron chi connectivity index (χ4n) is 2.01. The molecule has 6 nitrogen and oxygen atoms in total. The molecule has 8 heteroatoms. The molecule has 2 rings (SSSR count). The molecule has 0 amide bonds. The van der Waals surface area contributed by atoms with Crippen molar-refractivity contribution < 1.29 is 28.9 Å². The smallest absolute Gasteiger partial charge is 0.338 e. The van der Waals surface area contributed by atoms with Gasteiger partial charge < -0.3 is 19.3 Å². The van der Waals surface area contributed by atoms with Gasteiger partial charge in [0.05, 0.1) is 39.9 Å². The second kappa shape index (κ2) is 12.4. The quantitative estimate of drug-likeness (QED) is 0.483. The molecule has 28 heavy (non-hydrogen) atoms. The number of aromatic carboxylic acids is 1. The number of carbonyl (C=O) groups excluding carboxylic acids is 1. The van der Waals surface area contributed by atoms with Crippen LogP contribution in [0.4, 0.5) is 0 Å². The van der Waals surface area contributed by atoms with E-state index in [0.717, 1.165) is 8.95 Å². The minimum atomic E-state index is -0.951. The zero-order chi connectivity index (χ0) is 21.1. The second-order valence-corrected chi connectivity index (χ2v) is 6.89. The third-order valence-corrected chi connectivity index (χ3v) is 4.53. The summed E-state index contributed by atoms with van der Waals surface area (Å²) < 4.78 is 17.1. The van der Waals surface area contributed by atoms with Crippen LogP contribution in [0.2, 0.25) is 0 Å². The average Bonchev–Trinajstić information content (AvgIpc) is 2.66. The molecule has 0 saturated heterocycles. The molecular formula is C20H22Br2O6. The monoisotopic (exact) mass is 516 g/mol. The highest BCUT2D eigenvalue weighted by molar-refractivity contribution is 9.10. The number of hydrogen-bond donors (Lipinski definition) is 1. The van der Waals surface area contributed by atoms with Crippen molar-refractivity contribution in [1.29, 1.82) is 0 Å². The van der Waals surface area contributed by atoms with Crippen molar-refractivity contribution in [2.45, 2.75) is 20.8 Å². The molecule has 2 aromatic carbocycles. The maximum atomic E-state index is 11.4. The van der Waals surface area contributed by atoms with Gasteiger partial charge in [-0.25, -0.2) is 9.59 Å². The largest absolute Gasteiger partial charge is 0.493 e. The number of carbonyl (C=O) groups is 2. The van der Waals surface area contributed by atoms with Crippen LogP contribution < -0.4 is 9.47 Å². The Labute approximate surface area is 181 Å². The maximum absolute atomic E-state index is 11.4. The molecule has 0 atom stereocenters. The molecular weight excluding hydrogens is 496 g/mol. The van der Waals surface area contributed by atoms with Crippen LogP contribution in [-0.4, -0.2) is 36.9 Å². The van der Waals surface area contributed by atoms with E-state index < -0.39 is 5.97 Å². The van der Waals surface area contributed by atoms with Gasteiger partial charge >= 0.3 is 11.9 Å². The van der Waals surface area contributed by atoms with Crippen molar-refractivity contribution in [3.8, 4) is 11.5 Å². The first kappa shape index (κ1) is 24.0. The number of hydrogen-bond acceptors (Lipinski definition) is 5. The van der Waals surface area contributed by atoms with E-state index >= 15 is 0 Å². The molecule has 0 saturated carbocycles. The molecule has 0 aliphatic heterocycles. The molecule has 0 aromatic heterocycles. The van der Waals surface area contributed by atoms with Gasteiger partial charge in [0.1, 0.15) is 11.5 Å². The van der Waals surface area contributed by atoms with Gasteiger partial charge in [0.15, 0.2) is 0 Å². The maximum Gasteiger partial charge on any atom is 0.338 e. The van der Waals surface area contributed by atoms with Gasteiger partial charge in [0.2, 0.25) is 0 Å². The molecule has 0 aliphatic rings. The molecule has 0 radical (unpaired) electrons. The molecule has 0 spiro atoms. The van der Waals surface area contributed by atoms with Crippen LogP contribution in [0, 0.1) is 0 Å². The van der Waals surface area contributed by atoms with Crippen molar-refractivity contribution in [3.63, 3.8) is 0 Å². The Bertz CT molecular complexity index is 807. The predicted molar refractivity (Wildman–Crippen MR) is 114 cm³/mol. The number of rotatable bonds is 7. The van der Waals surface area contributed by atoms with Crippen molar-refractivity contribution in [3.05, 3.63) is 56.5 Å². The molecule has 0 fully saturated rings. The average molecular weight is 518 g/mol. The summed E-state index contributed by atoms with van der Waals surface area (Å²) in [5.41, 5.74) is 0.732. The fourth-order valence-corrected chi connectivity index (χ4v) is 2.74. The minimum absolute atomic E-state index is 0.228. The lowest BCUT2D eigenvalue weighted by Gasteiger charge is -2.07. The Morgan fingerprint density at radius 1 is 0.821 bits per heavy atom. The zero-order valence-electron chi connectivity index (χ0n) is 15.8. The summed E-state index contributed by atoms with van der Waals surface area (Å²) in [6.07, 6.45) is 0. The van der Waals surface area contributed by atoms with Crippen molar-refractivity contribution in [1.82, 2.24) is 0 Å². The SMILES string of the molecule is CCOC(=O)c1ccc(Br)c(OCC)c1.CCOc1cc(C(=O)O)ccc1Br. The van der Waals surface area contributed by atoms with E-state index in [1.807, 2.05) is 13.8 Å². The lowest BCUT2D eigenvalue weighted by atomic mass is 10.2. The third-order valence-electron chi connectivity index (χ3n) is 3.22. The van der Waals surface area contributed by atoms with E-state index in [2.05, 4.69) is 31.9 Å². The van der Waals surface area contributed by atoms with E-state index in [0.29, 0.717) is 36.9 Å². The highest BCUT2D eigenvalue weighted by Crippen LogP contribution is 2.27. The Hall–Kier alpha value is -2.06. The minimum Gasteiger partial charge on any atom is -0.493 e. The number of ether oxygens (including phenoxy) is 3. The topological polar surface area (TPSA) is 82.1 Å². The van der Waals surface area contributed by atoms with Crippen molar-refractivity contribution >= 4 is 43.8 Å². The third kappa shape index (κ3) is 7.52. The van der Waals surface area contributed by atoms with Crippen LogP contribution in [0.5, 0.6) is 11.5 Å². The van der Waals surface area contributed by atoms with E-state index in [1.54, 1.807) is 31.2 Å². The number of halogens is 2. The summed E-state index contributed by atoms with van der Waals surface area (Å²) in [5, 5.41) is 8.70. The molecule has 1 N–H and O–H groups in total. The lowest BCUT2D eigenvalue weighted by Crippen LogP contribution is -2.05. The summed E-state index contributed by atoms with van der Waals surface area (Å²) in [6.45, 7) is 6.97. The van der Waals surface area contributed by atoms with Crippen LogP contribution >= 0.6 is 31.9 Å². The van der Waals surface area contributed by atoms with Crippen LogP contribution in [0.3, 0.4) is 0 Å². The van der Waals surface area contributed by atoms with E-state index in [1.165, 1.54) is 12.1 Å². The number of carboxylic acids is 1. The van der Waals surface area contributed by atoms with Crippen molar-refractivity contribution in [2.24, 2.45) is 0 Å². The van der Waals surface area contributed by atoms with Gasteiger partial charge in [-0.3, -0.25) is 0 Å². The van der Waals surface area contributed by atoms with E-state index in [9.17, 15) is 9.59 Å². The summed E-state index contributed by atoms with van der Waals surface area (Å²) in [6, 6.07) is 9.83.